The summed E-state index contributed by atoms with van der Waals surface area (Å²) < 4.78 is 30.0. The van der Waals surface area contributed by atoms with Crippen LogP contribution in [0, 0.1) is 0 Å². The van der Waals surface area contributed by atoms with Crippen LogP contribution in [0.1, 0.15) is 0 Å². The highest BCUT2D eigenvalue weighted by molar-refractivity contribution is 7.89. The van der Waals surface area contributed by atoms with Crippen LogP contribution in [0.2, 0.25) is 10.0 Å². The van der Waals surface area contributed by atoms with Gasteiger partial charge in [-0.1, -0.05) is 23.2 Å². The molecule has 19 heavy (non-hydrogen) atoms. The molecular formula is C10H11Cl2NO5S. The minimum absolute atomic E-state index is 0.0815. The third-order valence-corrected chi connectivity index (χ3v) is 4.30. The van der Waals surface area contributed by atoms with Crippen LogP contribution in [0.15, 0.2) is 23.1 Å². The van der Waals surface area contributed by atoms with Crippen LogP contribution in [-0.4, -0.2) is 39.3 Å². The van der Waals surface area contributed by atoms with Gasteiger partial charge in [0.15, 0.2) is 6.10 Å². The van der Waals surface area contributed by atoms with Crippen molar-refractivity contribution in [3.8, 4) is 0 Å². The van der Waals surface area contributed by atoms with Crippen LogP contribution in [0.25, 0.3) is 0 Å². The van der Waals surface area contributed by atoms with E-state index < -0.39 is 28.6 Å². The number of hydrogen-bond donors (Lipinski definition) is 2. The number of aliphatic hydroxyl groups excluding tert-OH is 1. The van der Waals surface area contributed by atoms with E-state index in [2.05, 4.69) is 9.46 Å². The van der Waals surface area contributed by atoms with Crippen molar-refractivity contribution in [2.75, 3.05) is 13.7 Å². The Morgan fingerprint density at radius 3 is 2.58 bits per heavy atom. The summed E-state index contributed by atoms with van der Waals surface area (Å²) in [6.07, 6.45) is -1.58. The number of ether oxygens (including phenoxy) is 1. The van der Waals surface area contributed by atoms with Gasteiger partial charge in [0.2, 0.25) is 10.0 Å². The molecule has 1 rings (SSSR count). The van der Waals surface area contributed by atoms with E-state index in [0.717, 1.165) is 13.2 Å². The summed E-state index contributed by atoms with van der Waals surface area (Å²) in [6, 6.07) is 3.74. The number of nitrogens with one attached hydrogen (secondary N) is 1. The first-order chi connectivity index (χ1) is 8.77. The average Bonchev–Trinajstić information content (AvgIpc) is 2.38. The number of aliphatic hydroxyl groups is 1. The van der Waals surface area contributed by atoms with E-state index in [-0.39, 0.29) is 14.9 Å². The number of sulfonamides is 1. The highest BCUT2D eigenvalue weighted by Crippen LogP contribution is 2.24. The lowest BCUT2D eigenvalue weighted by atomic mass is 10.4. The molecule has 0 fully saturated rings. The van der Waals surface area contributed by atoms with Crippen LogP contribution in [0.4, 0.5) is 0 Å². The average molecular weight is 328 g/mol. The van der Waals surface area contributed by atoms with Crippen LogP contribution in [-0.2, 0) is 19.6 Å². The van der Waals surface area contributed by atoms with Gasteiger partial charge in [0.25, 0.3) is 0 Å². The van der Waals surface area contributed by atoms with Gasteiger partial charge in [-0.2, -0.15) is 0 Å². The maximum atomic E-state index is 11.8. The summed E-state index contributed by atoms with van der Waals surface area (Å²) in [7, 11) is -2.81. The monoisotopic (exact) mass is 327 g/mol. The van der Waals surface area contributed by atoms with Crippen molar-refractivity contribution < 1.29 is 23.1 Å². The molecule has 1 unspecified atom stereocenters. The van der Waals surface area contributed by atoms with Gasteiger partial charge in [0, 0.05) is 6.54 Å². The maximum absolute atomic E-state index is 11.8. The molecule has 0 aromatic heterocycles. The smallest absolute Gasteiger partial charge is 0.336 e. The van der Waals surface area contributed by atoms with E-state index in [1.165, 1.54) is 12.1 Å². The fraction of sp³-hybridized carbons (Fsp3) is 0.300. The Bertz CT molecular complexity index is 575. The molecule has 1 aromatic carbocycles. The van der Waals surface area contributed by atoms with Gasteiger partial charge in [-0.25, -0.2) is 17.9 Å². The lowest BCUT2D eigenvalue weighted by Crippen LogP contribution is -2.37. The number of esters is 1. The molecule has 2 N–H and O–H groups in total. The molecule has 0 aliphatic rings. The number of carbonyl (C=O) groups is 1. The van der Waals surface area contributed by atoms with Crippen LogP contribution < -0.4 is 4.72 Å². The van der Waals surface area contributed by atoms with E-state index in [4.69, 9.17) is 23.2 Å². The molecule has 1 aromatic rings. The topological polar surface area (TPSA) is 92.7 Å². The van der Waals surface area contributed by atoms with Crippen molar-refractivity contribution in [3.05, 3.63) is 28.2 Å². The fourth-order valence-corrected chi connectivity index (χ4v) is 2.56. The van der Waals surface area contributed by atoms with E-state index in [1.807, 2.05) is 0 Å². The summed E-state index contributed by atoms with van der Waals surface area (Å²) in [5.41, 5.74) is 0. The van der Waals surface area contributed by atoms with Gasteiger partial charge in [0.05, 0.1) is 22.1 Å². The second kappa shape index (κ2) is 6.53. The van der Waals surface area contributed by atoms with E-state index >= 15 is 0 Å². The van der Waals surface area contributed by atoms with Crippen LogP contribution in [0.5, 0.6) is 0 Å². The SMILES string of the molecule is COC(=O)C(O)CNS(=O)(=O)c1ccc(Cl)c(Cl)c1. The van der Waals surface area contributed by atoms with Crippen molar-refractivity contribution in [2.45, 2.75) is 11.0 Å². The largest absolute Gasteiger partial charge is 0.467 e. The Labute approximate surface area is 120 Å². The van der Waals surface area contributed by atoms with Crippen LogP contribution in [0.3, 0.4) is 0 Å². The highest BCUT2D eigenvalue weighted by atomic mass is 35.5. The Hall–Kier alpha value is -0.860. The summed E-state index contributed by atoms with van der Waals surface area (Å²) in [4.78, 5) is 10.8. The number of hydrogen-bond acceptors (Lipinski definition) is 5. The van der Waals surface area contributed by atoms with Gasteiger partial charge in [-0.3, -0.25) is 0 Å². The molecule has 0 spiro atoms. The molecule has 0 aliphatic heterocycles. The Balaban J connectivity index is 2.81. The fourth-order valence-electron chi connectivity index (χ4n) is 1.14. The van der Waals surface area contributed by atoms with Crippen molar-refractivity contribution >= 4 is 39.2 Å². The number of carbonyl (C=O) groups excluding carboxylic acids is 1. The maximum Gasteiger partial charge on any atom is 0.336 e. The molecule has 6 nitrogen and oxygen atoms in total. The second-order valence-corrected chi connectivity index (χ2v) is 6.05. The zero-order valence-electron chi connectivity index (χ0n) is 9.76. The molecule has 9 heteroatoms. The molecule has 0 radical (unpaired) electrons. The van der Waals surface area contributed by atoms with E-state index in [1.54, 1.807) is 0 Å². The normalized spacial score (nSPS) is 13.1. The minimum Gasteiger partial charge on any atom is -0.467 e. The molecule has 0 bridgehead atoms. The van der Waals surface area contributed by atoms with Crippen molar-refractivity contribution in [1.82, 2.24) is 4.72 Å². The first-order valence-electron chi connectivity index (χ1n) is 4.98. The third kappa shape index (κ3) is 4.32. The molecular weight excluding hydrogens is 317 g/mol. The summed E-state index contributed by atoms with van der Waals surface area (Å²) >= 11 is 11.4. The Morgan fingerprint density at radius 2 is 2.05 bits per heavy atom. The van der Waals surface area contributed by atoms with Crippen molar-refractivity contribution in [3.63, 3.8) is 0 Å². The first-order valence-corrected chi connectivity index (χ1v) is 7.22. The van der Waals surface area contributed by atoms with Gasteiger partial charge in [0.1, 0.15) is 0 Å². The third-order valence-electron chi connectivity index (χ3n) is 2.14. The number of methoxy groups -OCH3 is 1. The quantitative estimate of drug-likeness (QED) is 0.780. The lowest BCUT2D eigenvalue weighted by molar-refractivity contribution is -0.149. The number of benzene rings is 1. The summed E-state index contributed by atoms with van der Waals surface area (Å²) in [5, 5.41) is 9.58. The predicted octanol–water partition coefficient (Wildman–Crippen LogP) is 0.806. The standard InChI is InChI=1S/C10H11Cl2NO5S/c1-18-10(15)9(14)5-13-19(16,17)6-2-3-7(11)8(12)4-6/h2-4,9,13-14H,5H2,1H3. The van der Waals surface area contributed by atoms with E-state index in [0.29, 0.717) is 0 Å². The zero-order valence-corrected chi connectivity index (χ0v) is 12.1. The number of rotatable bonds is 5. The van der Waals surface area contributed by atoms with Crippen molar-refractivity contribution in [1.29, 1.82) is 0 Å². The predicted molar refractivity (Wildman–Crippen MR) is 69.7 cm³/mol. The molecule has 106 valence electrons. The molecule has 0 saturated heterocycles. The molecule has 0 saturated carbocycles. The Kier molecular flexibility index (Phi) is 5.57. The molecule has 1 atom stereocenters. The molecule has 0 heterocycles. The van der Waals surface area contributed by atoms with Gasteiger partial charge in [-0.15, -0.1) is 0 Å². The first kappa shape index (κ1) is 16.2. The summed E-state index contributed by atoms with van der Waals surface area (Å²) in [5.74, 6) is -0.933. The van der Waals surface area contributed by atoms with Gasteiger partial charge in [-0.05, 0) is 18.2 Å². The lowest BCUT2D eigenvalue weighted by Gasteiger charge is -2.10. The van der Waals surface area contributed by atoms with Gasteiger partial charge < -0.3 is 9.84 Å². The van der Waals surface area contributed by atoms with Crippen LogP contribution >= 0.6 is 23.2 Å². The number of halogens is 2. The van der Waals surface area contributed by atoms with E-state index in [9.17, 15) is 18.3 Å². The highest BCUT2D eigenvalue weighted by Gasteiger charge is 2.21. The Morgan fingerprint density at radius 1 is 1.42 bits per heavy atom. The summed E-state index contributed by atoms with van der Waals surface area (Å²) in [6.45, 7) is -0.505. The minimum atomic E-state index is -3.90. The van der Waals surface area contributed by atoms with Crippen molar-refractivity contribution in [2.24, 2.45) is 0 Å². The van der Waals surface area contributed by atoms with Gasteiger partial charge >= 0.3 is 5.97 Å². The molecule has 0 aliphatic carbocycles. The zero-order chi connectivity index (χ0) is 14.6. The second-order valence-electron chi connectivity index (χ2n) is 3.47. The molecule has 0 amide bonds.